The molecule has 4 aromatic heterocycles. The van der Waals surface area contributed by atoms with E-state index in [9.17, 15) is 15.0 Å². The number of nitrogens with zero attached hydrogens (tertiary/aromatic N) is 6. The molecule has 1 fully saturated rings. The van der Waals surface area contributed by atoms with E-state index < -0.39 is 12.2 Å². The van der Waals surface area contributed by atoms with E-state index in [-0.39, 0.29) is 18.4 Å². The number of imidazole rings is 1. The van der Waals surface area contributed by atoms with Gasteiger partial charge in [0.1, 0.15) is 17.3 Å². The first-order chi connectivity index (χ1) is 17.3. The summed E-state index contributed by atoms with van der Waals surface area (Å²) in [6, 6.07) is 6.01. The molecule has 1 amide bonds. The van der Waals surface area contributed by atoms with Gasteiger partial charge in [-0.3, -0.25) is 0 Å². The van der Waals surface area contributed by atoms with E-state index >= 15 is 0 Å². The van der Waals surface area contributed by atoms with E-state index in [1.807, 2.05) is 42.0 Å². The van der Waals surface area contributed by atoms with Crippen LogP contribution in [0.4, 0.5) is 16.4 Å². The summed E-state index contributed by atoms with van der Waals surface area (Å²) in [6.45, 7) is 7.81. The molecule has 36 heavy (non-hydrogen) atoms. The summed E-state index contributed by atoms with van der Waals surface area (Å²) in [5.41, 5.74) is 4.78. The Morgan fingerprint density at radius 3 is 2.83 bits per heavy atom. The van der Waals surface area contributed by atoms with Crippen LogP contribution in [-0.4, -0.2) is 70.9 Å². The Morgan fingerprint density at radius 1 is 1.25 bits per heavy atom. The van der Waals surface area contributed by atoms with Crippen LogP contribution in [0.25, 0.3) is 11.3 Å². The minimum Gasteiger partial charge on any atom is -0.465 e. The first-order valence-electron chi connectivity index (χ1n) is 12.2. The number of fused-ring (bicyclic) bond motifs is 2. The maximum absolute atomic E-state index is 11.2. The van der Waals surface area contributed by atoms with Gasteiger partial charge < -0.3 is 30.1 Å². The number of hydrogen-bond donors (Lipinski definition) is 4. The number of nitrogens with one attached hydrogen (secondary N) is 2. The number of pyridine rings is 1. The molecule has 1 aliphatic rings. The van der Waals surface area contributed by atoms with Gasteiger partial charge in [0.05, 0.1) is 31.1 Å². The van der Waals surface area contributed by atoms with Crippen molar-refractivity contribution in [2.45, 2.75) is 45.8 Å². The van der Waals surface area contributed by atoms with Gasteiger partial charge in [0.15, 0.2) is 5.65 Å². The van der Waals surface area contributed by atoms with Crippen LogP contribution in [0.15, 0.2) is 36.8 Å². The fraction of sp³-hybridized carbons (Fsp3) is 0.440. The molecule has 0 radical (unpaired) electrons. The average molecular weight is 493 g/mol. The van der Waals surface area contributed by atoms with Gasteiger partial charge in [-0.2, -0.15) is 9.61 Å². The maximum Gasteiger partial charge on any atom is 0.407 e. The molecule has 0 bridgehead atoms. The van der Waals surface area contributed by atoms with Crippen molar-refractivity contribution in [3.05, 3.63) is 53.6 Å². The molecular formula is C25H32N8O3. The van der Waals surface area contributed by atoms with Crippen molar-refractivity contribution in [1.82, 2.24) is 28.9 Å². The Hall–Kier alpha value is -3.86. The Labute approximate surface area is 208 Å². The number of aryl methyl sites for hydroxylation is 1. The number of piperidine rings is 1. The van der Waals surface area contributed by atoms with E-state index in [4.69, 9.17) is 9.97 Å². The third-order valence-electron chi connectivity index (χ3n) is 6.77. The molecule has 0 spiro atoms. The van der Waals surface area contributed by atoms with Crippen LogP contribution in [0, 0.1) is 12.8 Å². The van der Waals surface area contributed by atoms with Gasteiger partial charge in [-0.25, -0.2) is 14.8 Å². The van der Waals surface area contributed by atoms with Crippen LogP contribution in [-0.2, 0) is 6.54 Å². The smallest absolute Gasteiger partial charge is 0.407 e. The number of carboxylic acid groups (broad SMARTS) is 1. The number of rotatable bonds is 7. The Kier molecular flexibility index (Phi) is 6.40. The van der Waals surface area contributed by atoms with E-state index in [1.54, 1.807) is 4.52 Å². The second-order valence-electron chi connectivity index (χ2n) is 9.80. The fourth-order valence-electron chi connectivity index (χ4n) is 4.63. The van der Waals surface area contributed by atoms with Crippen molar-refractivity contribution in [3.63, 3.8) is 0 Å². The molecule has 1 aliphatic heterocycles. The third kappa shape index (κ3) is 4.78. The van der Waals surface area contributed by atoms with Crippen LogP contribution >= 0.6 is 0 Å². The molecule has 11 heteroatoms. The molecule has 4 aromatic rings. The Morgan fingerprint density at radius 2 is 2.08 bits per heavy atom. The molecule has 4 N–H and O–H groups in total. The molecule has 5 heterocycles. The van der Waals surface area contributed by atoms with Gasteiger partial charge in [0.2, 0.25) is 0 Å². The molecule has 0 saturated carbocycles. The zero-order valence-electron chi connectivity index (χ0n) is 20.7. The van der Waals surface area contributed by atoms with Crippen molar-refractivity contribution in [1.29, 1.82) is 0 Å². The summed E-state index contributed by atoms with van der Waals surface area (Å²) in [7, 11) is 0. The number of amides is 1. The number of carbonyl (C=O) groups is 1. The molecule has 11 nitrogen and oxygen atoms in total. The fourth-order valence-corrected chi connectivity index (χ4v) is 4.63. The topological polar surface area (TPSA) is 132 Å². The highest BCUT2D eigenvalue weighted by atomic mass is 16.4. The van der Waals surface area contributed by atoms with Crippen molar-refractivity contribution in [2.75, 3.05) is 30.3 Å². The zero-order chi connectivity index (χ0) is 25.4. The van der Waals surface area contributed by atoms with Gasteiger partial charge in [-0.05, 0) is 37.0 Å². The van der Waals surface area contributed by atoms with E-state index in [0.29, 0.717) is 31.9 Å². The molecule has 1 saturated heterocycles. The molecular weight excluding hydrogens is 460 g/mol. The van der Waals surface area contributed by atoms with Gasteiger partial charge in [0, 0.05) is 43.0 Å². The van der Waals surface area contributed by atoms with Gasteiger partial charge >= 0.3 is 6.09 Å². The number of aliphatic hydroxyl groups excluding tert-OH is 1. The molecule has 5 rings (SSSR count). The number of aromatic nitrogens is 5. The lowest BCUT2D eigenvalue weighted by atomic mass is 9.94. The summed E-state index contributed by atoms with van der Waals surface area (Å²) in [5.74, 6) is 1.64. The first kappa shape index (κ1) is 23.9. The average Bonchev–Trinajstić information content (AvgIpc) is 3.45. The lowest BCUT2D eigenvalue weighted by molar-refractivity contribution is 0.0294. The predicted molar refractivity (Wildman–Crippen MR) is 137 cm³/mol. The highest BCUT2D eigenvalue weighted by molar-refractivity contribution is 5.65. The lowest BCUT2D eigenvalue weighted by Gasteiger charge is -2.34. The number of likely N-dealkylation sites (tertiary alicyclic amines) is 1. The Bertz CT molecular complexity index is 1390. The standard InChI is InChI=1S/C25H32N8O3/c1-15(2)19-12-28-33-22(27-11-18-13-31-6-4-16(3)8-23(31)29-18)9-21(30-24(19)33)26-10-17-5-7-32(25(35)36)14-20(17)34/h4,6,8-9,12-13,15,17,20,27,34H,5,7,10-11,14H2,1-3H3,(H,26,30)(H,35,36)/t17-,20+/m1/s1. The van der Waals surface area contributed by atoms with Crippen LogP contribution in [0.3, 0.4) is 0 Å². The first-order valence-corrected chi connectivity index (χ1v) is 12.2. The van der Waals surface area contributed by atoms with Crippen molar-refractivity contribution >= 4 is 29.0 Å². The number of hydrogen-bond acceptors (Lipinski definition) is 7. The zero-order valence-corrected chi connectivity index (χ0v) is 20.7. The van der Waals surface area contributed by atoms with Crippen LogP contribution < -0.4 is 10.6 Å². The summed E-state index contributed by atoms with van der Waals surface area (Å²) < 4.78 is 3.81. The molecule has 190 valence electrons. The van der Waals surface area contributed by atoms with Gasteiger partial charge in [-0.1, -0.05) is 13.8 Å². The molecule has 0 aliphatic carbocycles. The SMILES string of the molecule is Cc1ccn2cc(CNc3cc(NC[C@H]4CCN(C(=O)O)C[C@@H]4O)nc4c(C(C)C)cnn34)nc2c1. The normalized spacial score (nSPS) is 18.3. The van der Waals surface area contributed by atoms with Gasteiger partial charge in [0.25, 0.3) is 0 Å². The number of β-amino-alcohol motifs (C(OH)–C–C–N with tert-alkyl or cyclic N) is 1. The second-order valence-corrected chi connectivity index (χ2v) is 9.80. The maximum atomic E-state index is 11.2. The van der Waals surface area contributed by atoms with Crippen LogP contribution in [0.5, 0.6) is 0 Å². The predicted octanol–water partition coefficient (Wildman–Crippen LogP) is 3.19. The molecule has 2 atom stereocenters. The molecule has 0 aromatic carbocycles. The summed E-state index contributed by atoms with van der Waals surface area (Å²) in [5, 5.41) is 31.0. The van der Waals surface area contributed by atoms with Crippen molar-refractivity contribution in [2.24, 2.45) is 5.92 Å². The number of aliphatic hydroxyl groups is 1. The highest BCUT2D eigenvalue weighted by Gasteiger charge is 2.30. The monoisotopic (exact) mass is 492 g/mol. The minimum atomic E-state index is -0.994. The summed E-state index contributed by atoms with van der Waals surface area (Å²) in [6.07, 6.45) is 4.74. The highest BCUT2D eigenvalue weighted by Crippen LogP contribution is 2.25. The summed E-state index contributed by atoms with van der Waals surface area (Å²) >= 11 is 0. The van der Waals surface area contributed by atoms with E-state index in [0.717, 1.165) is 33.9 Å². The largest absolute Gasteiger partial charge is 0.465 e. The van der Waals surface area contributed by atoms with Gasteiger partial charge in [-0.15, -0.1) is 0 Å². The third-order valence-corrected chi connectivity index (χ3v) is 6.77. The van der Waals surface area contributed by atoms with Crippen molar-refractivity contribution in [3.8, 4) is 0 Å². The number of anilines is 2. The van der Waals surface area contributed by atoms with Crippen LogP contribution in [0.2, 0.25) is 0 Å². The van der Waals surface area contributed by atoms with E-state index in [1.165, 1.54) is 4.90 Å². The Balaban J connectivity index is 1.36. The quantitative estimate of drug-likeness (QED) is 0.309. The van der Waals surface area contributed by atoms with Crippen molar-refractivity contribution < 1.29 is 15.0 Å². The van der Waals surface area contributed by atoms with Crippen LogP contribution in [0.1, 0.15) is 43.0 Å². The molecule has 0 unspecified atom stereocenters. The second kappa shape index (κ2) is 9.65. The summed E-state index contributed by atoms with van der Waals surface area (Å²) in [4.78, 5) is 22.0. The minimum absolute atomic E-state index is 0.0639. The lowest BCUT2D eigenvalue weighted by Crippen LogP contribution is -2.47. The van der Waals surface area contributed by atoms with E-state index in [2.05, 4.69) is 35.6 Å².